The third-order valence-electron chi connectivity index (χ3n) is 3.73. The molecule has 0 fully saturated rings. The van der Waals surface area contributed by atoms with Crippen LogP contribution in [0.1, 0.15) is 45.2 Å². The maximum absolute atomic E-state index is 12.5. The van der Waals surface area contributed by atoms with E-state index in [1.807, 2.05) is 24.4 Å². The number of nitrogens with zero attached hydrogens (tertiary/aromatic N) is 3. The van der Waals surface area contributed by atoms with Gasteiger partial charge < -0.3 is 16.2 Å². The number of fused-ring (bicyclic) bond motifs is 1. The number of aromatic nitrogens is 3. The first-order valence-corrected chi connectivity index (χ1v) is 8.50. The van der Waals surface area contributed by atoms with Crippen molar-refractivity contribution in [1.29, 1.82) is 0 Å². The first-order chi connectivity index (χ1) is 12.0. The van der Waals surface area contributed by atoms with Gasteiger partial charge in [-0.15, -0.1) is 11.3 Å². The van der Waals surface area contributed by atoms with Crippen LogP contribution in [-0.4, -0.2) is 37.6 Å². The molecule has 3 rings (SSSR count). The van der Waals surface area contributed by atoms with Crippen LogP contribution in [0.2, 0.25) is 0 Å². The number of rotatable bonds is 6. The number of carbonyl (C=O) groups excluding carboxylic acids is 2. The van der Waals surface area contributed by atoms with Crippen LogP contribution in [0.4, 0.5) is 0 Å². The summed E-state index contributed by atoms with van der Waals surface area (Å²) in [4.78, 5) is 28.8. The number of aliphatic hydroxyl groups excluding tert-OH is 1. The molecule has 130 valence electrons. The zero-order chi connectivity index (χ0) is 18.0. The first-order valence-electron chi connectivity index (χ1n) is 7.62. The van der Waals surface area contributed by atoms with Gasteiger partial charge in [-0.1, -0.05) is 6.07 Å². The van der Waals surface area contributed by atoms with Crippen LogP contribution in [0.5, 0.6) is 0 Å². The van der Waals surface area contributed by atoms with Gasteiger partial charge in [0.2, 0.25) is 0 Å². The molecule has 3 aromatic heterocycles. The molecular weight excluding hydrogens is 342 g/mol. The molecule has 0 saturated heterocycles. The number of carbonyl (C=O) groups is 2. The van der Waals surface area contributed by atoms with Crippen molar-refractivity contribution in [3.05, 3.63) is 52.1 Å². The molecule has 0 aliphatic rings. The molecule has 0 saturated carbocycles. The predicted octanol–water partition coefficient (Wildman–Crippen LogP) is 1.13. The van der Waals surface area contributed by atoms with E-state index in [0.29, 0.717) is 6.42 Å². The predicted molar refractivity (Wildman–Crippen MR) is 92.3 cm³/mol. The second-order valence-corrected chi connectivity index (χ2v) is 6.61. The Labute approximate surface area is 147 Å². The molecule has 0 bridgehead atoms. The normalized spacial score (nSPS) is 13.5. The molecule has 0 spiro atoms. The number of primary amides is 1. The van der Waals surface area contributed by atoms with E-state index in [1.54, 1.807) is 0 Å². The minimum atomic E-state index is -0.660. The molecule has 2 unspecified atom stereocenters. The number of hydrogen-bond acceptors (Lipinski definition) is 6. The number of hydrogen-bond donors (Lipinski definition) is 3. The number of amides is 2. The quantitative estimate of drug-likeness (QED) is 0.609. The van der Waals surface area contributed by atoms with Gasteiger partial charge in [0.25, 0.3) is 11.8 Å². The maximum Gasteiger partial charge on any atom is 0.270 e. The fourth-order valence-corrected chi connectivity index (χ4v) is 3.25. The van der Waals surface area contributed by atoms with Gasteiger partial charge in [0.1, 0.15) is 11.3 Å². The van der Waals surface area contributed by atoms with E-state index in [1.165, 1.54) is 34.3 Å². The lowest BCUT2D eigenvalue weighted by Crippen LogP contribution is -2.35. The molecule has 0 radical (unpaired) electrons. The average Bonchev–Trinajstić information content (AvgIpc) is 3.23. The summed E-state index contributed by atoms with van der Waals surface area (Å²) in [6, 6.07) is 4.96. The summed E-state index contributed by atoms with van der Waals surface area (Å²) in [5.74, 6) is -1.04. The van der Waals surface area contributed by atoms with E-state index < -0.39 is 12.0 Å². The molecule has 0 aromatic carbocycles. The van der Waals surface area contributed by atoms with Gasteiger partial charge in [0.05, 0.1) is 12.3 Å². The van der Waals surface area contributed by atoms with Gasteiger partial charge in [-0.05, 0) is 30.9 Å². The van der Waals surface area contributed by atoms with Crippen LogP contribution in [0.3, 0.4) is 0 Å². The van der Waals surface area contributed by atoms with E-state index in [0.717, 1.165) is 4.88 Å². The van der Waals surface area contributed by atoms with Crippen molar-refractivity contribution in [2.75, 3.05) is 0 Å². The molecule has 0 aliphatic carbocycles. The smallest absolute Gasteiger partial charge is 0.270 e. The van der Waals surface area contributed by atoms with Crippen molar-refractivity contribution in [3.63, 3.8) is 0 Å². The highest BCUT2D eigenvalue weighted by atomic mass is 32.1. The number of thiophene rings is 1. The molecule has 9 heteroatoms. The van der Waals surface area contributed by atoms with Crippen molar-refractivity contribution in [2.24, 2.45) is 5.73 Å². The van der Waals surface area contributed by atoms with E-state index in [-0.39, 0.29) is 28.9 Å². The number of nitrogens with two attached hydrogens (primary N) is 1. The largest absolute Gasteiger partial charge is 0.387 e. The number of nitrogens with one attached hydrogen (secondary N) is 1. The van der Waals surface area contributed by atoms with Crippen LogP contribution < -0.4 is 11.1 Å². The van der Waals surface area contributed by atoms with Crippen molar-refractivity contribution < 1.29 is 14.7 Å². The Morgan fingerprint density at radius 3 is 2.92 bits per heavy atom. The standard InChI is InChI=1S/C16H17N5O3S/c1-9(7-12(22)13-3-2-6-25-13)20-16(24)11-4-5-18-15-10(14(17)23)8-19-21(11)15/h2-6,8-9,12,22H,7H2,1H3,(H2,17,23)(H,20,24). The molecule has 0 aliphatic heterocycles. The monoisotopic (exact) mass is 359 g/mol. The third kappa shape index (κ3) is 3.52. The lowest BCUT2D eigenvalue weighted by molar-refractivity contribution is 0.0909. The maximum atomic E-state index is 12.5. The van der Waals surface area contributed by atoms with Crippen molar-refractivity contribution in [1.82, 2.24) is 19.9 Å². The van der Waals surface area contributed by atoms with Gasteiger partial charge in [0.15, 0.2) is 5.65 Å². The fourth-order valence-electron chi connectivity index (χ4n) is 2.53. The Morgan fingerprint density at radius 2 is 2.24 bits per heavy atom. The molecule has 25 heavy (non-hydrogen) atoms. The van der Waals surface area contributed by atoms with E-state index in [9.17, 15) is 14.7 Å². The Morgan fingerprint density at radius 1 is 1.44 bits per heavy atom. The van der Waals surface area contributed by atoms with Gasteiger partial charge in [-0.25, -0.2) is 9.50 Å². The van der Waals surface area contributed by atoms with Gasteiger partial charge in [0, 0.05) is 17.1 Å². The van der Waals surface area contributed by atoms with Gasteiger partial charge >= 0.3 is 0 Å². The molecule has 2 amide bonds. The fraction of sp³-hybridized carbons (Fsp3) is 0.250. The molecule has 3 aromatic rings. The summed E-state index contributed by atoms with van der Waals surface area (Å²) in [7, 11) is 0. The topological polar surface area (TPSA) is 123 Å². The minimum Gasteiger partial charge on any atom is -0.387 e. The van der Waals surface area contributed by atoms with Crippen LogP contribution in [-0.2, 0) is 0 Å². The zero-order valence-electron chi connectivity index (χ0n) is 13.4. The van der Waals surface area contributed by atoms with Crippen LogP contribution in [0.25, 0.3) is 5.65 Å². The highest BCUT2D eigenvalue weighted by molar-refractivity contribution is 7.10. The molecule has 3 heterocycles. The van der Waals surface area contributed by atoms with Gasteiger partial charge in [-0.3, -0.25) is 9.59 Å². The Hall–Kier alpha value is -2.78. The van der Waals surface area contributed by atoms with E-state index >= 15 is 0 Å². The highest BCUT2D eigenvalue weighted by Gasteiger charge is 2.20. The van der Waals surface area contributed by atoms with Gasteiger partial charge in [-0.2, -0.15) is 5.10 Å². The number of aliphatic hydroxyl groups is 1. The Balaban J connectivity index is 1.75. The molecule has 8 nitrogen and oxygen atoms in total. The van der Waals surface area contributed by atoms with Crippen molar-refractivity contribution >= 4 is 28.8 Å². The summed E-state index contributed by atoms with van der Waals surface area (Å²) in [6.45, 7) is 1.81. The second-order valence-electron chi connectivity index (χ2n) is 5.63. The Bertz CT molecular complexity index is 906. The first kappa shape index (κ1) is 17.1. The average molecular weight is 359 g/mol. The summed E-state index contributed by atoms with van der Waals surface area (Å²) in [6.07, 6.45) is 2.44. The minimum absolute atomic E-state index is 0.149. The van der Waals surface area contributed by atoms with Crippen LogP contribution in [0.15, 0.2) is 36.0 Å². The van der Waals surface area contributed by atoms with Crippen LogP contribution in [0, 0.1) is 0 Å². The van der Waals surface area contributed by atoms with Crippen molar-refractivity contribution in [2.45, 2.75) is 25.5 Å². The highest BCUT2D eigenvalue weighted by Crippen LogP contribution is 2.23. The lowest BCUT2D eigenvalue weighted by Gasteiger charge is -2.17. The Kier molecular flexibility index (Phi) is 4.77. The van der Waals surface area contributed by atoms with Crippen LogP contribution >= 0.6 is 11.3 Å². The molecule has 4 N–H and O–H groups in total. The second kappa shape index (κ2) is 6.99. The van der Waals surface area contributed by atoms with Crippen molar-refractivity contribution in [3.8, 4) is 0 Å². The third-order valence-corrected chi connectivity index (χ3v) is 4.70. The summed E-state index contributed by atoms with van der Waals surface area (Å²) < 4.78 is 1.28. The molecule has 2 atom stereocenters. The summed E-state index contributed by atoms with van der Waals surface area (Å²) >= 11 is 1.47. The summed E-state index contributed by atoms with van der Waals surface area (Å²) in [5, 5.41) is 18.9. The zero-order valence-corrected chi connectivity index (χ0v) is 14.2. The lowest BCUT2D eigenvalue weighted by atomic mass is 10.1. The summed E-state index contributed by atoms with van der Waals surface area (Å²) in [5.41, 5.74) is 5.88. The SMILES string of the molecule is CC(CC(O)c1cccs1)NC(=O)c1ccnc2c(C(N)=O)cnn12. The van der Waals surface area contributed by atoms with E-state index in [4.69, 9.17) is 5.73 Å². The molecular formula is C16H17N5O3S. The van der Waals surface area contributed by atoms with E-state index in [2.05, 4.69) is 15.4 Å².